The van der Waals surface area contributed by atoms with Crippen molar-refractivity contribution in [3.05, 3.63) is 199 Å². The number of nitrogens with one attached hydrogen (secondary N) is 2. The molecule has 0 fully saturated rings. The molecule has 8 aromatic carbocycles. The molecule has 11 aromatic rings. The molecule has 0 saturated heterocycles. The summed E-state index contributed by atoms with van der Waals surface area (Å²) in [5.41, 5.74) is 11.0. The van der Waals surface area contributed by atoms with Gasteiger partial charge in [0.2, 0.25) is 0 Å². The highest BCUT2D eigenvalue weighted by atomic mass is 32.1. The lowest BCUT2D eigenvalue weighted by molar-refractivity contribution is 0.409. The lowest BCUT2D eigenvalue weighted by Crippen LogP contribution is -2.44. The van der Waals surface area contributed by atoms with Crippen LogP contribution < -0.4 is 10.6 Å². The second-order valence-corrected chi connectivity index (χ2v) is 15.9. The van der Waals surface area contributed by atoms with E-state index in [9.17, 15) is 0 Å². The van der Waals surface area contributed by atoms with E-state index in [1.807, 2.05) is 23.5 Å². The number of hydrogen-bond acceptors (Lipinski definition) is 5. The van der Waals surface area contributed by atoms with E-state index in [1.54, 1.807) is 0 Å². The number of fused-ring (bicyclic) bond motifs is 9. The van der Waals surface area contributed by atoms with Gasteiger partial charge >= 0.3 is 0 Å². The minimum atomic E-state index is -0.268. The van der Waals surface area contributed by atoms with E-state index in [2.05, 4.69) is 185 Å². The van der Waals surface area contributed by atoms with E-state index in [0.717, 1.165) is 50.0 Å². The highest BCUT2D eigenvalue weighted by Gasteiger charge is 2.26. The van der Waals surface area contributed by atoms with Gasteiger partial charge in [-0.25, -0.2) is 4.99 Å². The molecular weight excluding hydrogens is 717 g/mol. The number of thiophene rings is 1. The summed E-state index contributed by atoms with van der Waals surface area (Å²) in [6, 6.07) is 65.0. The third-order valence-corrected chi connectivity index (χ3v) is 12.6. The van der Waals surface area contributed by atoms with Gasteiger partial charge in [-0.2, -0.15) is 0 Å². The first-order valence-electron chi connectivity index (χ1n) is 19.3. The second-order valence-electron chi connectivity index (χ2n) is 14.8. The Labute approximate surface area is 332 Å². The number of hydrogen-bond donors (Lipinski definition) is 2. The number of furan rings is 1. The molecule has 0 amide bonds. The number of aliphatic imine (C=N–C) groups is 1. The molecule has 1 aliphatic heterocycles. The van der Waals surface area contributed by atoms with Crippen LogP contribution in [0.1, 0.15) is 29.0 Å². The minimum absolute atomic E-state index is 0.109. The fourth-order valence-corrected chi connectivity index (χ4v) is 9.94. The van der Waals surface area contributed by atoms with Crippen LogP contribution in [0, 0.1) is 0 Å². The lowest BCUT2D eigenvalue weighted by atomic mass is 9.97. The van der Waals surface area contributed by atoms with Gasteiger partial charge in [-0.1, -0.05) is 127 Å². The number of aromatic nitrogens is 1. The third-order valence-electron chi connectivity index (χ3n) is 11.5. The van der Waals surface area contributed by atoms with E-state index < -0.39 is 0 Å². The highest BCUT2D eigenvalue weighted by molar-refractivity contribution is 7.25. The van der Waals surface area contributed by atoms with Gasteiger partial charge in [-0.3, -0.25) is 5.32 Å². The van der Waals surface area contributed by atoms with Crippen LogP contribution in [0.15, 0.2) is 191 Å². The fourth-order valence-electron chi connectivity index (χ4n) is 8.82. The standard InChI is InChI=1S/C51H34N4OS/c1-3-12-31(13-4-1)49-52-50(32-14-5-2-6-15-32)54-51(53-49)34-23-26-44-41(28-34)48-36(18-11-21-45(48)56-44)33-22-25-39-40-30-35(24-27-46(40)57-47(39)29-33)55-42-19-9-7-16-37(42)38-17-8-10-20-43(38)55/h1-30,49,51,53H,(H,52,54). The Morgan fingerprint density at radius 2 is 1.26 bits per heavy atom. The zero-order valence-corrected chi connectivity index (χ0v) is 31.5. The summed E-state index contributed by atoms with van der Waals surface area (Å²) in [6.45, 7) is 0. The lowest BCUT2D eigenvalue weighted by Gasteiger charge is -2.32. The van der Waals surface area contributed by atoms with Crippen molar-refractivity contribution >= 4 is 81.1 Å². The summed E-state index contributed by atoms with van der Waals surface area (Å²) in [4.78, 5) is 5.22. The SMILES string of the molecule is c1ccc(C2=NC(c3ccc4oc5cccc(-c6ccc7c(c6)sc6ccc(-n8c9ccccc9c9ccccc98)cc67)c5c4c3)NC(c3ccccc3)N2)cc1. The second kappa shape index (κ2) is 12.8. The van der Waals surface area contributed by atoms with Crippen LogP contribution in [-0.2, 0) is 0 Å². The van der Waals surface area contributed by atoms with Crippen molar-refractivity contribution in [2.24, 2.45) is 4.99 Å². The quantitative estimate of drug-likeness (QED) is 0.184. The van der Waals surface area contributed by atoms with Crippen LogP contribution in [-0.4, -0.2) is 10.4 Å². The molecular formula is C51H34N4OS. The molecule has 2 N–H and O–H groups in total. The molecule has 1 aliphatic rings. The summed E-state index contributed by atoms with van der Waals surface area (Å²) < 4.78 is 11.5. The molecule has 5 nitrogen and oxygen atoms in total. The van der Waals surface area contributed by atoms with Gasteiger partial charge in [0.25, 0.3) is 0 Å². The van der Waals surface area contributed by atoms with Crippen molar-refractivity contribution in [1.29, 1.82) is 0 Å². The van der Waals surface area contributed by atoms with Crippen LogP contribution in [0.5, 0.6) is 0 Å². The Kier molecular flexibility index (Phi) is 7.24. The normalized spacial score (nSPS) is 15.9. The Balaban J connectivity index is 0.963. The monoisotopic (exact) mass is 750 g/mol. The summed E-state index contributed by atoms with van der Waals surface area (Å²) in [6.07, 6.45) is -0.377. The number of rotatable bonds is 5. The first-order valence-corrected chi connectivity index (χ1v) is 20.2. The van der Waals surface area contributed by atoms with Crippen LogP contribution in [0.2, 0.25) is 0 Å². The molecule has 0 aliphatic carbocycles. The van der Waals surface area contributed by atoms with Crippen LogP contribution in [0.3, 0.4) is 0 Å². The van der Waals surface area contributed by atoms with Crippen molar-refractivity contribution in [2.75, 3.05) is 0 Å². The molecule has 12 rings (SSSR count). The molecule has 0 saturated carbocycles. The van der Waals surface area contributed by atoms with Crippen molar-refractivity contribution in [3.8, 4) is 16.8 Å². The van der Waals surface area contributed by atoms with E-state index in [0.29, 0.717) is 0 Å². The van der Waals surface area contributed by atoms with E-state index in [-0.39, 0.29) is 12.3 Å². The molecule has 4 heterocycles. The van der Waals surface area contributed by atoms with Crippen LogP contribution >= 0.6 is 11.3 Å². The van der Waals surface area contributed by atoms with Gasteiger partial charge in [0.15, 0.2) is 0 Å². The molecule has 3 aromatic heterocycles. The van der Waals surface area contributed by atoms with Gasteiger partial charge in [0.1, 0.15) is 29.3 Å². The summed E-state index contributed by atoms with van der Waals surface area (Å²) in [5.74, 6) is 0.866. The topological polar surface area (TPSA) is 54.5 Å². The molecule has 2 atom stereocenters. The van der Waals surface area contributed by atoms with Crippen LogP contribution in [0.4, 0.5) is 0 Å². The van der Waals surface area contributed by atoms with Gasteiger partial charge < -0.3 is 14.3 Å². The first-order chi connectivity index (χ1) is 28.2. The summed E-state index contributed by atoms with van der Waals surface area (Å²) in [5, 5.41) is 14.7. The maximum atomic E-state index is 6.51. The Morgan fingerprint density at radius 3 is 2.07 bits per heavy atom. The largest absolute Gasteiger partial charge is 0.456 e. The smallest absolute Gasteiger partial charge is 0.136 e. The van der Waals surface area contributed by atoms with Crippen LogP contribution in [0.25, 0.3) is 80.7 Å². The number of benzene rings is 8. The van der Waals surface area contributed by atoms with Crippen molar-refractivity contribution < 1.29 is 4.42 Å². The Morgan fingerprint density at radius 1 is 0.509 bits per heavy atom. The number of nitrogens with zero attached hydrogens (tertiary/aromatic N) is 2. The van der Waals surface area contributed by atoms with E-state index in [1.165, 1.54) is 53.2 Å². The molecule has 0 bridgehead atoms. The summed E-state index contributed by atoms with van der Waals surface area (Å²) in [7, 11) is 0. The molecule has 57 heavy (non-hydrogen) atoms. The number of amidine groups is 1. The minimum Gasteiger partial charge on any atom is -0.456 e. The molecule has 0 spiro atoms. The predicted octanol–water partition coefficient (Wildman–Crippen LogP) is 13.1. The molecule has 6 heteroatoms. The molecule has 0 radical (unpaired) electrons. The van der Waals surface area contributed by atoms with Gasteiger partial charge in [-0.05, 0) is 76.9 Å². The van der Waals surface area contributed by atoms with E-state index in [4.69, 9.17) is 9.41 Å². The Bertz CT molecular complexity index is 3320. The Hall–Kier alpha value is -6.99. The average molecular weight is 751 g/mol. The summed E-state index contributed by atoms with van der Waals surface area (Å²) >= 11 is 1.85. The fraction of sp³-hybridized carbons (Fsp3) is 0.0392. The van der Waals surface area contributed by atoms with Gasteiger partial charge in [0, 0.05) is 53.0 Å². The van der Waals surface area contributed by atoms with E-state index >= 15 is 0 Å². The molecule has 2 unspecified atom stereocenters. The van der Waals surface area contributed by atoms with Gasteiger partial charge in [0.05, 0.1) is 11.0 Å². The van der Waals surface area contributed by atoms with Crippen molar-refractivity contribution in [3.63, 3.8) is 0 Å². The average Bonchev–Trinajstić information content (AvgIpc) is 3.95. The first kappa shape index (κ1) is 32.3. The predicted molar refractivity (Wildman–Crippen MR) is 238 cm³/mol. The maximum absolute atomic E-state index is 6.51. The van der Waals surface area contributed by atoms with Gasteiger partial charge in [-0.15, -0.1) is 11.3 Å². The number of para-hydroxylation sites is 2. The van der Waals surface area contributed by atoms with Crippen molar-refractivity contribution in [2.45, 2.75) is 12.3 Å². The van der Waals surface area contributed by atoms with Crippen molar-refractivity contribution in [1.82, 2.24) is 15.2 Å². The maximum Gasteiger partial charge on any atom is 0.136 e. The zero-order chi connectivity index (χ0) is 37.5. The highest BCUT2D eigenvalue weighted by Crippen LogP contribution is 2.42. The third kappa shape index (κ3) is 5.22. The zero-order valence-electron chi connectivity index (χ0n) is 30.7. The molecule has 270 valence electrons.